The summed E-state index contributed by atoms with van der Waals surface area (Å²) in [5, 5.41) is 0. The lowest BCUT2D eigenvalue weighted by Gasteiger charge is -1.93. The van der Waals surface area contributed by atoms with Crippen LogP contribution in [0.3, 0.4) is 0 Å². The maximum absolute atomic E-state index is 5.29. The molecule has 0 spiro atoms. The fraction of sp³-hybridized carbons (Fsp3) is 0.429. The quantitative estimate of drug-likeness (QED) is 0.634. The van der Waals surface area contributed by atoms with Crippen molar-refractivity contribution >= 4 is 11.6 Å². The van der Waals surface area contributed by atoms with Crippen LogP contribution in [-0.2, 0) is 11.3 Å². The summed E-state index contributed by atoms with van der Waals surface area (Å²) in [5.74, 6) is 1.71. The standard InChI is InChI=1S/C7H9ClO2/c1-6-2-3-7(10-6)4-9-5-8/h2-3H,4-5H2,1H3. The second-order valence-corrected chi connectivity index (χ2v) is 2.19. The third-order valence-electron chi connectivity index (χ3n) is 1.12. The Morgan fingerprint density at radius 2 is 2.40 bits per heavy atom. The Morgan fingerprint density at radius 1 is 1.60 bits per heavy atom. The van der Waals surface area contributed by atoms with Gasteiger partial charge < -0.3 is 9.15 Å². The first-order valence-electron chi connectivity index (χ1n) is 3.02. The van der Waals surface area contributed by atoms with Crippen LogP contribution in [0.15, 0.2) is 16.5 Å². The lowest BCUT2D eigenvalue weighted by atomic mass is 10.4. The van der Waals surface area contributed by atoms with Gasteiger partial charge in [0.2, 0.25) is 0 Å². The molecule has 0 saturated heterocycles. The lowest BCUT2D eigenvalue weighted by molar-refractivity contribution is 0.146. The Hall–Kier alpha value is -0.470. The van der Waals surface area contributed by atoms with Gasteiger partial charge in [0.1, 0.15) is 24.2 Å². The fourth-order valence-corrected chi connectivity index (χ4v) is 0.779. The van der Waals surface area contributed by atoms with Crippen molar-refractivity contribution in [3.8, 4) is 0 Å². The molecule has 0 saturated carbocycles. The molecule has 0 amide bonds. The van der Waals surface area contributed by atoms with Crippen LogP contribution in [-0.4, -0.2) is 6.07 Å². The maximum Gasteiger partial charge on any atom is 0.129 e. The number of hydrogen-bond donors (Lipinski definition) is 0. The van der Waals surface area contributed by atoms with E-state index in [2.05, 4.69) is 0 Å². The van der Waals surface area contributed by atoms with E-state index in [-0.39, 0.29) is 6.07 Å². The van der Waals surface area contributed by atoms with Gasteiger partial charge in [-0.05, 0) is 19.1 Å². The zero-order valence-corrected chi connectivity index (χ0v) is 6.52. The maximum atomic E-state index is 5.29. The van der Waals surface area contributed by atoms with Crippen LogP contribution in [0.1, 0.15) is 11.5 Å². The van der Waals surface area contributed by atoms with Gasteiger partial charge in [-0.15, -0.1) is 0 Å². The minimum absolute atomic E-state index is 0.208. The van der Waals surface area contributed by atoms with E-state index < -0.39 is 0 Å². The monoisotopic (exact) mass is 160 g/mol. The summed E-state index contributed by atoms with van der Waals surface area (Å²) >= 11 is 5.29. The molecule has 0 N–H and O–H groups in total. The molecule has 2 nitrogen and oxygen atoms in total. The molecule has 0 aliphatic carbocycles. The van der Waals surface area contributed by atoms with Crippen LogP contribution in [0.4, 0.5) is 0 Å². The van der Waals surface area contributed by atoms with Crippen LogP contribution >= 0.6 is 11.6 Å². The van der Waals surface area contributed by atoms with Crippen molar-refractivity contribution < 1.29 is 9.15 Å². The molecular formula is C7H9ClO2. The zero-order valence-electron chi connectivity index (χ0n) is 5.76. The molecule has 0 radical (unpaired) electrons. The van der Waals surface area contributed by atoms with E-state index in [4.69, 9.17) is 20.8 Å². The molecule has 0 unspecified atom stereocenters. The van der Waals surface area contributed by atoms with Crippen LogP contribution in [0.5, 0.6) is 0 Å². The molecule has 0 atom stereocenters. The molecule has 56 valence electrons. The van der Waals surface area contributed by atoms with Crippen molar-refractivity contribution in [3.05, 3.63) is 23.7 Å². The van der Waals surface area contributed by atoms with E-state index in [1.165, 1.54) is 0 Å². The van der Waals surface area contributed by atoms with Crippen molar-refractivity contribution in [3.63, 3.8) is 0 Å². The number of ether oxygens (including phenoxy) is 1. The average molecular weight is 161 g/mol. The smallest absolute Gasteiger partial charge is 0.129 e. The molecule has 0 aliphatic rings. The molecule has 1 aromatic rings. The third kappa shape index (κ3) is 2.05. The van der Waals surface area contributed by atoms with E-state index in [9.17, 15) is 0 Å². The van der Waals surface area contributed by atoms with Crippen molar-refractivity contribution in [2.45, 2.75) is 13.5 Å². The second-order valence-electron chi connectivity index (χ2n) is 1.97. The number of furan rings is 1. The second kappa shape index (κ2) is 3.64. The van der Waals surface area contributed by atoms with Gasteiger partial charge in [0.15, 0.2) is 0 Å². The molecule has 0 aliphatic heterocycles. The van der Waals surface area contributed by atoms with Gasteiger partial charge in [-0.1, -0.05) is 11.6 Å². The van der Waals surface area contributed by atoms with Crippen LogP contribution in [0.2, 0.25) is 0 Å². The topological polar surface area (TPSA) is 22.4 Å². The highest BCUT2D eigenvalue weighted by atomic mass is 35.5. The lowest BCUT2D eigenvalue weighted by Crippen LogP contribution is -1.86. The van der Waals surface area contributed by atoms with E-state index >= 15 is 0 Å². The van der Waals surface area contributed by atoms with Gasteiger partial charge in [-0.25, -0.2) is 0 Å². The van der Waals surface area contributed by atoms with E-state index in [1.54, 1.807) is 0 Å². The molecule has 0 aromatic carbocycles. The zero-order chi connectivity index (χ0) is 7.40. The molecule has 1 heterocycles. The normalized spacial score (nSPS) is 10.2. The summed E-state index contributed by atoms with van der Waals surface area (Å²) in [6, 6.07) is 3.98. The van der Waals surface area contributed by atoms with Gasteiger partial charge in [-0.2, -0.15) is 0 Å². The van der Waals surface area contributed by atoms with Gasteiger partial charge >= 0.3 is 0 Å². The van der Waals surface area contributed by atoms with Gasteiger partial charge in [0, 0.05) is 0 Å². The molecule has 10 heavy (non-hydrogen) atoms. The van der Waals surface area contributed by atoms with Crippen LogP contribution < -0.4 is 0 Å². The predicted octanol–water partition coefficient (Wildman–Crippen LogP) is 2.30. The highest BCUT2D eigenvalue weighted by molar-refractivity contribution is 6.17. The van der Waals surface area contributed by atoms with E-state index in [0.29, 0.717) is 6.61 Å². The number of rotatable bonds is 3. The van der Waals surface area contributed by atoms with Gasteiger partial charge in [0.05, 0.1) is 0 Å². The first-order chi connectivity index (χ1) is 4.83. The first kappa shape index (κ1) is 7.63. The number of alkyl halides is 1. The van der Waals surface area contributed by atoms with E-state index in [0.717, 1.165) is 11.5 Å². The van der Waals surface area contributed by atoms with Gasteiger partial charge in [-0.3, -0.25) is 0 Å². The highest BCUT2D eigenvalue weighted by Gasteiger charge is 1.96. The number of aryl methyl sites for hydroxylation is 1. The molecule has 0 fully saturated rings. The summed E-state index contributed by atoms with van der Waals surface area (Å²) in [6.07, 6.45) is 0. The van der Waals surface area contributed by atoms with Crippen LogP contribution in [0, 0.1) is 6.92 Å². The minimum Gasteiger partial charge on any atom is -0.464 e. The Labute approximate surface area is 64.7 Å². The SMILES string of the molecule is Cc1ccc(COCCl)o1. The molecule has 1 rings (SSSR count). The van der Waals surface area contributed by atoms with Crippen molar-refractivity contribution in [1.82, 2.24) is 0 Å². The average Bonchev–Trinajstić information content (AvgIpc) is 2.31. The largest absolute Gasteiger partial charge is 0.464 e. The summed E-state index contributed by atoms with van der Waals surface area (Å²) in [6.45, 7) is 2.35. The molecular weight excluding hydrogens is 152 g/mol. The predicted molar refractivity (Wildman–Crippen MR) is 39.0 cm³/mol. The highest BCUT2D eigenvalue weighted by Crippen LogP contribution is 2.07. The summed E-state index contributed by atoms with van der Waals surface area (Å²) in [5.41, 5.74) is 0. The fourth-order valence-electron chi connectivity index (χ4n) is 0.702. The molecule has 3 heteroatoms. The number of hydrogen-bond acceptors (Lipinski definition) is 2. The molecule has 1 aromatic heterocycles. The molecule has 0 bridgehead atoms. The first-order valence-corrected chi connectivity index (χ1v) is 3.55. The summed E-state index contributed by atoms with van der Waals surface area (Å²) in [4.78, 5) is 0. The Morgan fingerprint density at radius 3 is 2.90 bits per heavy atom. The van der Waals surface area contributed by atoms with Crippen LogP contribution in [0.25, 0.3) is 0 Å². The Bertz CT molecular complexity index is 195. The van der Waals surface area contributed by atoms with Gasteiger partial charge in [0.25, 0.3) is 0 Å². The number of halogens is 1. The minimum atomic E-state index is 0.208. The van der Waals surface area contributed by atoms with Crippen molar-refractivity contribution in [1.29, 1.82) is 0 Å². The third-order valence-corrected chi connectivity index (χ3v) is 1.27. The Kier molecular flexibility index (Phi) is 2.78. The van der Waals surface area contributed by atoms with E-state index in [1.807, 2.05) is 19.1 Å². The Balaban J connectivity index is 2.42. The van der Waals surface area contributed by atoms with Crippen molar-refractivity contribution in [2.75, 3.05) is 6.07 Å². The van der Waals surface area contributed by atoms with Crippen molar-refractivity contribution in [2.24, 2.45) is 0 Å². The summed E-state index contributed by atoms with van der Waals surface area (Å²) in [7, 11) is 0. The summed E-state index contributed by atoms with van der Waals surface area (Å²) < 4.78 is 10.1.